The molecular weight excluding hydrogens is 283 g/mol. The van der Waals surface area contributed by atoms with Crippen molar-refractivity contribution in [1.82, 2.24) is 10.6 Å². The van der Waals surface area contributed by atoms with Gasteiger partial charge in [-0.2, -0.15) is 0 Å². The van der Waals surface area contributed by atoms with Crippen LogP contribution in [0.3, 0.4) is 0 Å². The van der Waals surface area contributed by atoms with Crippen LogP contribution in [0.15, 0.2) is 24.3 Å². The van der Waals surface area contributed by atoms with Gasteiger partial charge in [0.2, 0.25) is 0 Å². The Morgan fingerprint density at radius 1 is 1.27 bits per heavy atom. The van der Waals surface area contributed by atoms with Crippen molar-refractivity contribution in [1.29, 1.82) is 0 Å². The summed E-state index contributed by atoms with van der Waals surface area (Å²) < 4.78 is 13.0. The van der Waals surface area contributed by atoms with Crippen LogP contribution >= 0.6 is 0 Å². The number of amides is 2. The summed E-state index contributed by atoms with van der Waals surface area (Å²) in [5.41, 5.74) is 0.923. The van der Waals surface area contributed by atoms with Crippen molar-refractivity contribution in [2.24, 2.45) is 5.92 Å². The average Bonchev–Trinajstić information content (AvgIpc) is 2.51. The molecule has 0 aliphatic rings. The highest BCUT2D eigenvalue weighted by Crippen LogP contribution is 2.12. The number of benzene rings is 1. The fourth-order valence-corrected chi connectivity index (χ4v) is 2.45. The first-order chi connectivity index (χ1) is 10.6. The average molecular weight is 310 g/mol. The molecule has 0 saturated heterocycles. The Hall–Kier alpha value is -1.62. The monoisotopic (exact) mass is 310 g/mol. The number of aliphatic hydroxyl groups is 1. The molecular formula is C17H27FN2O2. The lowest BCUT2D eigenvalue weighted by atomic mass is 9.97. The minimum Gasteiger partial charge on any atom is -0.391 e. The van der Waals surface area contributed by atoms with Crippen LogP contribution in [0.2, 0.25) is 0 Å². The Balaban J connectivity index is 2.15. The molecule has 0 heterocycles. The van der Waals surface area contributed by atoms with Crippen LogP contribution in [0.4, 0.5) is 9.18 Å². The highest BCUT2D eigenvalue weighted by molar-refractivity contribution is 5.73. The van der Waals surface area contributed by atoms with E-state index in [2.05, 4.69) is 10.6 Å². The third kappa shape index (κ3) is 6.89. The maximum Gasteiger partial charge on any atom is 0.314 e. The van der Waals surface area contributed by atoms with Gasteiger partial charge in [0, 0.05) is 13.1 Å². The molecule has 0 fully saturated rings. The summed E-state index contributed by atoms with van der Waals surface area (Å²) in [4.78, 5) is 11.6. The molecule has 4 nitrogen and oxygen atoms in total. The fourth-order valence-electron chi connectivity index (χ4n) is 2.45. The third-order valence-corrected chi connectivity index (χ3v) is 3.88. The number of nitrogens with one attached hydrogen (secondary N) is 2. The number of hydrogen-bond acceptors (Lipinski definition) is 2. The molecule has 0 aliphatic heterocycles. The van der Waals surface area contributed by atoms with Gasteiger partial charge in [0.25, 0.3) is 0 Å². The summed E-state index contributed by atoms with van der Waals surface area (Å²) in [6.07, 6.45) is 2.75. The Labute approximate surface area is 132 Å². The first-order valence-electron chi connectivity index (χ1n) is 8.01. The van der Waals surface area contributed by atoms with Crippen LogP contribution in [-0.4, -0.2) is 30.3 Å². The molecule has 22 heavy (non-hydrogen) atoms. The summed E-state index contributed by atoms with van der Waals surface area (Å²) in [6, 6.07) is 6.20. The van der Waals surface area contributed by atoms with Crippen molar-refractivity contribution < 1.29 is 14.3 Å². The first kappa shape index (κ1) is 18.4. The second-order valence-corrected chi connectivity index (χ2v) is 5.51. The lowest BCUT2D eigenvalue weighted by Crippen LogP contribution is -2.42. The first-order valence-corrected chi connectivity index (χ1v) is 8.01. The molecule has 0 radical (unpaired) electrons. The predicted octanol–water partition coefficient (Wildman–Crippen LogP) is 2.85. The second kappa shape index (κ2) is 10.2. The lowest BCUT2D eigenvalue weighted by molar-refractivity contribution is 0.103. The van der Waals surface area contributed by atoms with E-state index in [-0.39, 0.29) is 24.3 Å². The molecule has 1 rings (SSSR count). The number of hydrogen-bond donors (Lipinski definition) is 3. The van der Waals surface area contributed by atoms with Gasteiger partial charge in [-0.3, -0.25) is 0 Å². The van der Waals surface area contributed by atoms with Crippen LogP contribution < -0.4 is 10.6 Å². The molecule has 124 valence electrons. The maximum atomic E-state index is 13.0. The van der Waals surface area contributed by atoms with Gasteiger partial charge in [0.15, 0.2) is 0 Å². The highest BCUT2D eigenvalue weighted by atomic mass is 19.1. The molecule has 3 N–H and O–H groups in total. The van der Waals surface area contributed by atoms with Gasteiger partial charge in [-0.1, -0.05) is 38.8 Å². The topological polar surface area (TPSA) is 61.4 Å². The van der Waals surface area contributed by atoms with Gasteiger partial charge < -0.3 is 15.7 Å². The summed E-state index contributed by atoms with van der Waals surface area (Å²) in [5.74, 6) is -0.0214. The second-order valence-electron chi connectivity index (χ2n) is 5.51. The molecule has 1 unspecified atom stereocenters. The predicted molar refractivity (Wildman–Crippen MR) is 86.2 cm³/mol. The Kier molecular flexibility index (Phi) is 8.51. The smallest absolute Gasteiger partial charge is 0.314 e. The third-order valence-electron chi connectivity index (χ3n) is 3.88. The number of aryl methyl sites for hydroxylation is 1. The van der Waals surface area contributed by atoms with Crippen LogP contribution in [0.1, 0.15) is 38.7 Å². The van der Waals surface area contributed by atoms with Crippen molar-refractivity contribution in [3.8, 4) is 0 Å². The molecule has 0 aliphatic carbocycles. The van der Waals surface area contributed by atoms with Gasteiger partial charge in [-0.25, -0.2) is 9.18 Å². The molecule has 5 heteroatoms. The molecule has 1 atom stereocenters. The van der Waals surface area contributed by atoms with Crippen molar-refractivity contribution in [3.63, 3.8) is 0 Å². The lowest BCUT2D eigenvalue weighted by Gasteiger charge is -2.20. The molecule has 2 amide bonds. The van der Waals surface area contributed by atoms with E-state index in [0.717, 1.165) is 24.8 Å². The Bertz CT molecular complexity index is 450. The zero-order chi connectivity index (χ0) is 16.4. The Morgan fingerprint density at radius 2 is 2.00 bits per heavy atom. The van der Waals surface area contributed by atoms with E-state index < -0.39 is 6.10 Å². The fraction of sp³-hybridized carbons (Fsp3) is 0.588. The van der Waals surface area contributed by atoms with Crippen molar-refractivity contribution in [3.05, 3.63) is 35.6 Å². The number of carbonyl (C=O) groups is 1. The summed E-state index contributed by atoms with van der Waals surface area (Å²) in [5, 5.41) is 15.3. The van der Waals surface area contributed by atoms with Gasteiger partial charge in [0.05, 0.1) is 6.10 Å². The molecule has 0 saturated carbocycles. The zero-order valence-corrected chi connectivity index (χ0v) is 13.4. The molecule has 1 aromatic carbocycles. The van der Waals surface area contributed by atoms with E-state index in [0.29, 0.717) is 13.0 Å². The van der Waals surface area contributed by atoms with Crippen molar-refractivity contribution in [2.75, 3.05) is 13.1 Å². The van der Waals surface area contributed by atoms with Crippen LogP contribution in [0, 0.1) is 11.7 Å². The summed E-state index contributed by atoms with van der Waals surface area (Å²) >= 11 is 0. The van der Waals surface area contributed by atoms with E-state index in [1.165, 1.54) is 12.1 Å². The van der Waals surface area contributed by atoms with E-state index in [9.17, 15) is 14.3 Å². The largest absolute Gasteiger partial charge is 0.391 e. The van der Waals surface area contributed by atoms with Gasteiger partial charge in [-0.15, -0.1) is 0 Å². The normalized spacial score (nSPS) is 12.2. The van der Waals surface area contributed by atoms with Gasteiger partial charge >= 0.3 is 6.03 Å². The van der Waals surface area contributed by atoms with E-state index in [1.807, 2.05) is 19.9 Å². The number of rotatable bonds is 9. The van der Waals surface area contributed by atoms with E-state index in [1.54, 1.807) is 6.07 Å². The van der Waals surface area contributed by atoms with Gasteiger partial charge in [0.1, 0.15) is 5.82 Å². The quantitative estimate of drug-likeness (QED) is 0.614. The number of aliphatic hydroxyl groups excluding tert-OH is 1. The van der Waals surface area contributed by atoms with Crippen LogP contribution in [0.5, 0.6) is 0 Å². The minimum atomic E-state index is -0.506. The standard InChI is InChI=1S/C17H27FN2O2/c1-3-14(4-2)16(21)12-20-17(22)19-10-6-8-13-7-5-9-15(18)11-13/h5,7,9,11,14,16,21H,3-4,6,8,10,12H2,1-2H3,(H2,19,20,22). The van der Waals surface area contributed by atoms with Gasteiger partial charge in [-0.05, 0) is 36.5 Å². The highest BCUT2D eigenvalue weighted by Gasteiger charge is 2.15. The molecule has 1 aromatic rings. The summed E-state index contributed by atoms with van der Waals surface area (Å²) in [7, 11) is 0. The van der Waals surface area contributed by atoms with Crippen molar-refractivity contribution in [2.45, 2.75) is 45.6 Å². The maximum absolute atomic E-state index is 13.0. The minimum absolute atomic E-state index is 0.216. The summed E-state index contributed by atoms with van der Waals surface area (Å²) in [6.45, 7) is 4.85. The van der Waals surface area contributed by atoms with Crippen LogP contribution in [0.25, 0.3) is 0 Å². The molecule has 0 spiro atoms. The number of urea groups is 1. The molecule has 0 aromatic heterocycles. The Morgan fingerprint density at radius 3 is 2.64 bits per heavy atom. The SMILES string of the molecule is CCC(CC)C(O)CNC(=O)NCCCc1cccc(F)c1. The van der Waals surface area contributed by atoms with Crippen molar-refractivity contribution >= 4 is 6.03 Å². The van der Waals surface area contributed by atoms with Crippen LogP contribution in [-0.2, 0) is 6.42 Å². The van der Waals surface area contributed by atoms with E-state index in [4.69, 9.17) is 0 Å². The zero-order valence-electron chi connectivity index (χ0n) is 13.4. The molecule has 0 bridgehead atoms. The number of halogens is 1. The van der Waals surface area contributed by atoms with E-state index >= 15 is 0 Å². The number of carbonyl (C=O) groups excluding carboxylic acids is 1.